The highest BCUT2D eigenvalue weighted by Gasteiger charge is 2.36. The molecule has 0 aromatic heterocycles. The van der Waals surface area contributed by atoms with Crippen molar-refractivity contribution in [3.63, 3.8) is 0 Å². The molecule has 0 unspecified atom stereocenters. The van der Waals surface area contributed by atoms with Gasteiger partial charge in [0.2, 0.25) is 0 Å². The Labute approximate surface area is 206 Å². The molecular weight excluding hydrogens is 506 g/mol. The number of hydrogen-bond donors (Lipinski definition) is 0. The van der Waals surface area contributed by atoms with Crippen molar-refractivity contribution in [3.8, 4) is 17.2 Å². The number of ether oxygens (including phenoxy) is 5. The third-order valence-corrected chi connectivity index (χ3v) is 5.98. The van der Waals surface area contributed by atoms with E-state index in [1.807, 2.05) is 24.3 Å². The van der Waals surface area contributed by atoms with Crippen LogP contribution in [-0.4, -0.2) is 52.4 Å². The molecule has 1 heterocycles. The van der Waals surface area contributed by atoms with Crippen LogP contribution in [0.25, 0.3) is 0 Å². The molecule has 8 nitrogen and oxygen atoms in total. The summed E-state index contributed by atoms with van der Waals surface area (Å²) in [6, 6.07) is 11.0. The maximum absolute atomic E-state index is 12.9. The standard InChI is InChI=1S/C25H26BrNO7/c1-30-17-8-6-15(7-9-17)12-27-13-18(24(28)33-4)22(19(14-27)25(29)34-5)16-10-20(26)23(32-3)21(11-16)31-2/h6-11,13-14,22H,12H2,1-5H3. The highest BCUT2D eigenvalue weighted by Crippen LogP contribution is 2.43. The Morgan fingerprint density at radius 3 is 1.91 bits per heavy atom. The largest absolute Gasteiger partial charge is 0.497 e. The number of halogens is 1. The van der Waals surface area contributed by atoms with Crippen LogP contribution in [0.3, 0.4) is 0 Å². The smallest absolute Gasteiger partial charge is 0.336 e. The second kappa shape index (κ2) is 11.1. The van der Waals surface area contributed by atoms with Crippen LogP contribution in [0.1, 0.15) is 17.0 Å². The predicted octanol–water partition coefficient (Wildman–Crippen LogP) is 4.19. The van der Waals surface area contributed by atoms with Gasteiger partial charge >= 0.3 is 11.9 Å². The van der Waals surface area contributed by atoms with Gasteiger partial charge in [-0.3, -0.25) is 0 Å². The van der Waals surface area contributed by atoms with Gasteiger partial charge in [-0.1, -0.05) is 12.1 Å². The van der Waals surface area contributed by atoms with E-state index in [1.165, 1.54) is 28.4 Å². The average Bonchev–Trinajstić information content (AvgIpc) is 2.87. The summed E-state index contributed by atoms with van der Waals surface area (Å²) in [6.45, 7) is 0.410. The normalized spacial score (nSPS) is 13.5. The molecule has 0 bridgehead atoms. The molecule has 0 amide bonds. The first-order valence-corrected chi connectivity index (χ1v) is 11.1. The molecule has 0 aliphatic carbocycles. The van der Waals surface area contributed by atoms with E-state index in [0.717, 1.165) is 11.3 Å². The second-order valence-electron chi connectivity index (χ2n) is 7.34. The molecule has 34 heavy (non-hydrogen) atoms. The van der Waals surface area contributed by atoms with Crippen molar-refractivity contribution in [2.75, 3.05) is 35.5 Å². The van der Waals surface area contributed by atoms with Crippen molar-refractivity contribution in [3.05, 3.63) is 75.5 Å². The summed E-state index contributed by atoms with van der Waals surface area (Å²) in [5, 5.41) is 0. The first-order chi connectivity index (χ1) is 16.4. The van der Waals surface area contributed by atoms with Gasteiger partial charge in [-0.15, -0.1) is 0 Å². The third kappa shape index (κ3) is 5.20. The van der Waals surface area contributed by atoms with Gasteiger partial charge < -0.3 is 28.6 Å². The van der Waals surface area contributed by atoms with E-state index in [1.54, 1.807) is 36.5 Å². The lowest BCUT2D eigenvalue weighted by Crippen LogP contribution is -2.28. The van der Waals surface area contributed by atoms with Gasteiger partial charge in [-0.2, -0.15) is 0 Å². The lowest BCUT2D eigenvalue weighted by Gasteiger charge is -2.30. The number of rotatable bonds is 8. The van der Waals surface area contributed by atoms with E-state index >= 15 is 0 Å². The minimum atomic E-state index is -0.747. The molecule has 0 fully saturated rings. The summed E-state index contributed by atoms with van der Waals surface area (Å²) in [7, 11) is 7.24. The zero-order valence-corrected chi connectivity index (χ0v) is 21.2. The number of methoxy groups -OCH3 is 5. The molecule has 0 radical (unpaired) electrons. The fourth-order valence-corrected chi connectivity index (χ4v) is 4.41. The van der Waals surface area contributed by atoms with E-state index in [0.29, 0.717) is 28.1 Å². The molecule has 0 saturated carbocycles. The predicted molar refractivity (Wildman–Crippen MR) is 129 cm³/mol. The van der Waals surface area contributed by atoms with E-state index in [9.17, 15) is 9.59 Å². The molecular formula is C25H26BrNO7. The minimum absolute atomic E-state index is 0.276. The van der Waals surface area contributed by atoms with Gasteiger partial charge in [0.25, 0.3) is 0 Å². The summed E-state index contributed by atoms with van der Waals surface area (Å²) in [5.41, 5.74) is 2.13. The number of benzene rings is 2. The number of hydrogen-bond acceptors (Lipinski definition) is 8. The van der Waals surface area contributed by atoms with Crippen LogP contribution in [0.4, 0.5) is 0 Å². The Hall–Kier alpha value is -3.46. The maximum atomic E-state index is 12.9. The zero-order valence-electron chi connectivity index (χ0n) is 19.6. The van der Waals surface area contributed by atoms with Crippen LogP contribution in [-0.2, 0) is 25.6 Å². The topological polar surface area (TPSA) is 83.5 Å². The molecule has 0 saturated heterocycles. The van der Waals surface area contributed by atoms with Gasteiger partial charge in [0, 0.05) is 18.9 Å². The third-order valence-electron chi connectivity index (χ3n) is 5.39. The zero-order chi connectivity index (χ0) is 24.8. The van der Waals surface area contributed by atoms with Crippen LogP contribution in [0.15, 0.2) is 64.4 Å². The monoisotopic (exact) mass is 531 g/mol. The Bertz CT molecular complexity index is 1090. The first kappa shape index (κ1) is 25.2. The average molecular weight is 532 g/mol. The van der Waals surface area contributed by atoms with Gasteiger partial charge in [0.05, 0.1) is 57.1 Å². The van der Waals surface area contributed by atoms with Crippen molar-refractivity contribution in [2.45, 2.75) is 12.5 Å². The molecule has 180 valence electrons. The quantitative estimate of drug-likeness (QED) is 0.469. The summed E-state index contributed by atoms with van der Waals surface area (Å²) >= 11 is 3.48. The van der Waals surface area contributed by atoms with E-state index in [4.69, 9.17) is 23.7 Å². The highest BCUT2D eigenvalue weighted by atomic mass is 79.9. The van der Waals surface area contributed by atoms with E-state index in [-0.39, 0.29) is 11.1 Å². The number of carbonyl (C=O) groups is 2. The van der Waals surface area contributed by atoms with E-state index in [2.05, 4.69) is 15.9 Å². The van der Waals surface area contributed by atoms with Gasteiger partial charge in [-0.05, 0) is 51.3 Å². The van der Waals surface area contributed by atoms with Gasteiger partial charge in [-0.25, -0.2) is 9.59 Å². The minimum Gasteiger partial charge on any atom is -0.497 e. The first-order valence-electron chi connectivity index (χ1n) is 10.3. The maximum Gasteiger partial charge on any atom is 0.336 e. The van der Waals surface area contributed by atoms with Gasteiger partial charge in [0.1, 0.15) is 5.75 Å². The molecule has 3 rings (SSSR count). The van der Waals surface area contributed by atoms with Crippen molar-refractivity contribution in [1.82, 2.24) is 4.90 Å². The molecule has 1 aliphatic rings. The van der Waals surface area contributed by atoms with Crippen molar-refractivity contribution >= 4 is 27.9 Å². The second-order valence-corrected chi connectivity index (χ2v) is 8.20. The fourth-order valence-electron chi connectivity index (χ4n) is 3.78. The molecule has 0 spiro atoms. The van der Waals surface area contributed by atoms with Crippen LogP contribution >= 0.6 is 15.9 Å². The lowest BCUT2D eigenvalue weighted by atomic mass is 9.83. The van der Waals surface area contributed by atoms with Crippen molar-refractivity contribution in [1.29, 1.82) is 0 Å². The SMILES string of the molecule is COC(=O)C1=CN(Cc2ccc(OC)cc2)C=C(C(=O)OC)C1c1cc(Br)c(OC)c(OC)c1. The summed E-state index contributed by atoms with van der Waals surface area (Å²) in [6.07, 6.45) is 3.36. The number of esters is 2. The van der Waals surface area contributed by atoms with Crippen LogP contribution < -0.4 is 14.2 Å². The molecule has 2 aromatic rings. The van der Waals surface area contributed by atoms with E-state index < -0.39 is 17.9 Å². The summed E-state index contributed by atoms with van der Waals surface area (Å²) in [5.74, 6) is -0.201. The van der Waals surface area contributed by atoms with Crippen molar-refractivity contribution < 1.29 is 33.3 Å². The molecule has 0 N–H and O–H groups in total. The Kier molecular flexibility index (Phi) is 8.22. The molecule has 2 aromatic carbocycles. The Morgan fingerprint density at radius 2 is 1.44 bits per heavy atom. The number of nitrogens with zero attached hydrogens (tertiary/aromatic N) is 1. The van der Waals surface area contributed by atoms with Gasteiger partial charge in [0.15, 0.2) is 11.5 Å². The molecule has 9 heteroatoms. The summed E-state index contributed by atoms with van der Waals surface area (Å²) < 4.78 is 26.8. The summed E-state index contributed by atoms with van der Waals surface area (Å²) in [4.78, 5) is 27.5. The van der Waals surface area contributed by atoms with Crippen molar-refractivity contribution in [2.24, 2.45) is 0 Å². The molecule has 0 atom stereocenters. The highest BCUT2D eigenvalue weighted by molar-refractivity contribution is 9.10. The Balaban J connectivity index is 2.11. The van der Waals surface area contributed by atoms with Crippen LogP contribution in [0.2, 0.25) is 0 Å². The fraction of sp³-hybridized carbons (Fsp3) is 0.280. The number of carbonyl (C=O) groups excluding carboxylic acids is 2. The molecule has 1 aliphatic heterocycles. The Morgan fingerprint density at radius 1 is 0.853 bits per heavy atom. The van der Waals surface area contributed by atoms with Crippen LogP contribution in [0.5, 0.6) is 17.2 Å². The lowest BCUT2D eigenvalue weighted by molar-refractivity contribution is -0.137. The van der Waals surface area contributed by atoms with Crippen LogP contribution in [0, 0.1) is 0 Å².